The predicted molar refractivity (Wildman–Crippen MR) is 79.2 cm³/mol. The van der Waals surface area contributed by atoms with Gasteiger partial charge in [0.05, 0.1) is 19.3 Å². The Hall–Kier alpha value is -2.07. The molecule has 3 rings (SSSR count). The van der Waals surface area contributed by atoms with E-state index in [2.05, 4.69) is 9.97 Å². The molecule has 0 unspecified atom stereocenters. The van der Waals surface area contributed by atoms with Crippen LogP contribution in [0, 0.1) is 5.41 Å². The first kappa shape index (κ1) is 15.8. The molecule has 4 atom stereocenters. The fourth-order valence-corrected chi connectivity index (χ4v) is 2.62. The second-order valence-electron chi connectivity index (χ2n) is 5.37. The number of imidazole rings is 1. The van der Waals surface area contributed by atoms with Crippen LogP contribution >= 0.6 is 0 Å². The van der Waals surface area contributed by atoms with Crippen molar-refractivity contribution in [3.63, 3.8) is 0 Å². The Kier molecular flexibility index (Phi) is 4.26. The lowest BCUT2D eigenvalue weighted by molar-refractivity contribution is -0.0511. The molecular formula is C14H19N5O4. The monoisotopic (exact) mass is 321 g/mol. The molecule has 0 amide bonds. The SMILES string of the molecule is CC=CCn1cnc2c(ncn2[C@@H]2O[C@H](CO)[C@@H](O)[C@H]2O)c1=N. The molecule has 0 radical (unpaired) electrons. The molecule has 1 aliphatic heterocycles. The molecule has 0 spiro atoms. The van der Waals surface area contributed by atoms with Gasteiger partial charge in [0.25, 0.3) is 0 Å². The van der Waals surface area contributed by atoms with Gasteiger partial charge in [-0.15, -0.1) is 0 Å². The molecule has 0 aromatic carbocycles. The summed E-state index contributed by atoms with van der Waals surface area (Å²) in [6.45, 7) is 2.01. The number of nitrogens with zero attached hydrogens (tertiary/aromatic N) is 4. The van der Waals surface area contributed by atoms with Gasteiger partial charge in [-0.3, -0.25) is 9.98 Å². The molecule has 0 saturated carbocycles. The van der Waals surface area contributed by atoms with E-state index in [0.717, 1.165) is 0 Å². The number of hydrogen-bond acceptors (Lipinski definition) is 7. The van der Waals surface area contributed by atoms with Crippen molar-refractivity contribution in [2.45, 2.75) is 38.0 Å². The van der Waals surface area contributed by atoms with Crippen LogP contribution in [0.1, 0.15) is 13.2 Å². The van der Waals surface area contributed by atoms with Crippen LogP contribution in [0.5, 0.6) is 0 Å². The van der Waals surface area contributed by atoms with Crippen LogP contribution in [0.15, 0.2) is 24.8 Å². The summed E-state index contributed by atoms with van der Waals surface area (Å²) < 4.78 is 8.58. The maximum atomic E-state index is 10.1. The Morgan fingerprint density at radius 3 is 2.74 bits per heavy atom. The van der Waals surface area contributed by atoms with Gasteiger partial charge in [-0.05, 0) is 6.92 Å². The van der Waals surface area contributed by atoms with E-state index in [4.69, 9.17) is 15.3 Å². The van der Waals surface area contributed by atoms with E-state index in [-0.39, 0.29) is 5.49 Å². The lowest BCUT2D eigenvalue weighted by atomic mass is 10.1. The maximum Gasteiger partial charge on any atom is 0.167 e. The summed E-state index contributed by atoms with van der Waals surface area (Å²) in [7, 11) is 0. The summed E-state index contributed by atoms with van der Waals surface area (Å²) in [4.78, 5) is 8.46. The summed E-state index contributed by atoms with van der Waals surface area (Å²) in [5.74, 6) is 0. The van der Waals surface area contributed by atoms with Crippen LogP contribution in [0.4, 0.5) is 0 Å². The molecule has 1 fully saturated rings. The first-order chi connectivity index (χ1) is 11.1. The van der Waals surface area contributed by atoms with E-state index >= 15 is 0 Å². The molecule has 9 heteroatoms. The van der Waals surface area contributed by atoms with Crippen molar-refractivity contribution in [2.75, 3.05) is 6.61 Å². The zero-order valence-corrected chi connectivity index (χ0v) is 12.6. The molecule has 0 aliphatic carbocycles. The summed E-state index contributed by atoms with van der Waals surface area (Å²) >= 11 is 0. The van der Waals surface area contributed by atoms with E-state index < -0.39 is 31.1 Å². The minimum Gasteiger partial charge on any atom is -0.394 e. The maximum absolute atomic E-state index is 10.1. The fraction of sp³-hybridized carbons (Fsp3) is 0.500. The minimum absolute atomic E-state index is 0.193. The molecule has 9 nitrogen and oxygen atoms in total. The Morgan fingerprint density at radius 2 is 2.09 bits per heavy atom. The van der Waals surface area contributed by atoms with Gasteiger partial charge in [-0.25, -0.2) is 9.97 Å². The molecular weight excluding hydrogens is 302 g/mol. The summed E-state index contributed by atoms with van der Waals surface area (Å²) in [5.41, 5.74) is 0.940. The number of fused-ring (bicyclic) bond motifs is 1. The predicted octanol–water partition coefficient (Wildman–Crippen LogP) is -1.10. The van der Waals surface area contributed by atoms with Crippen LogP contribution in [0.3, 0.4) is 0 Å². The molecule has 1 aliphatic rings. The fourth-order valence-electron chi connectivity index (χ4n) is 2.62. The molecule has 2 aromatic rings. The molecule has 23 heavy (non-hydrogen) atoms. The quantitative estimate of drug-likeness (QED) is 0.529. The first-order valence-electron chi connectivity index (χ1n) is 7.28. The highest BCUT2D eigenvalue weighted by molar-refractivity contribution is 5.68. The van der Waals surface area contributed by atoms with Crippen molar-refractivity contribution < 1.29 is 20.1 Å². The van der Waals surface area contributed by atoms with E-state index in [9.17, 15) is 10.2 Å². The van der Waals surface area contributed by atoms with Gasteiger partial charge < -0.3 is 24.6 Å². The van der Waals surface area contributed by atoms with Gasteiger partial charge in [0, 0.05) is 6.54 Å². The molecule has 2 aromatic heterocycles. The summed E-state index contributed by atoms with van der Waals surface area (Å²) in [6.07, 6.45) is 2.53. The number of rotatable bonds is 4. The van der Waals surface area contributed by atoms with Crippen molar-refractivity contribution in [1.82, 2.24) is 19.1 Å². The van der Waals surface area contributed by atoms with Crippen molar-refractivity contribution in [3.8, 4) is 0 Å². The van der Waals surface area contributed by atoms with Gasteiger partial charge in [0.1, 0.15) is 23.8 Å². The topological polar surface area (TPSA) is 129 Å². The lowest BCUT2D eigenvalue weighted by Gasteiger charge is -2.16. The Labute approximate surface area is 131 Å². The van der Waals surface area contributed by atoms with Crippen LogP contribution in [-0.4, -0.2) is 59.3 Å². The third-order valence-corrected chi connectivity index (χ3v) is 3.93. The Balaban J connectivity index is 2.01. The molecule has 124 valence electrons. The van der Waals surface area contributed by atoms with Crippen molar-refractivity contribution in [1.29, 1.82) is 5.41 Å². The summed E-state index contributed by atoms with van der Waals surface area (Å²) in [6, 6.07) is 0. The van der Waals surface area contributed by atoms with Gasteiger partial charge >= 0.3 is 0 Å². The number of hydrogen-bond donors (Lipinski definition) is 4. The van der Waals surface area contributed by atoms with Gasteiger partial charge in [-0.2, -0.15) is 0 Å². The highest BCUT2D eigenvalue weighted by Gasteiger charge is 2.43. The number of ether oxygens (including phenoxy) is 1. The largest absolute Gasteiger partial charge is 0.394 e. The van der Waals surface area contributed by atoms with Crippen LogP contribution in [-0.2, 0) is 11.3 Å². The molecule has 0 bridgehead atoms. The Morgan fingerprint density at radius 1 is 1.30 bits per heavy atom. The average molecular weight is 321 g/mol. The van der Waals surface area contributed by atoms with Crippen molar-refractivity contribution in [2.24, 2.45) is 0 Å². The van der Waals surface area contributed by atoms with Crippen LogP contribution in [0.25, 0.3) is 11.2 Å². The third kappa shape index (κ3) is 2.57. The first-order valence-corrected chi connectivity index (χ1v) is 7.28. The molecule has 3 heterocycles. The average Bonchev–Trinajstić information content (AvgIpc) is 3.10. The zero-order valence-electron chi connectivity index (χ0n) is 12.6. The second kappa shape index (κ2) is 6.20. The number of nitrogens with one attached hydrogen (secondary N) is 1. The van der Waals surface area contributed by atoms with E-state index in [0.29, 0.717) is 17.7 Å². The second-order valence-corrected chi connectivity index (χ2v) is 5.37. The van der Waals surface area contributed by atoms with Crippen LogP contribution in [0.2, 0.25) is 0 Å². The number of allylic oxidation sites excluding steroid dienone is 2. The van der Waals surface area contributed by atoms with Crippen molar-refractivity contribution in [3.05, 3.63) is 30.3 Å². The standard InChI is InChI=1S/C14H19N5O4/c1-2-3-4-18-6-17-13-9(12(18)15)16-7-19(13)14-11(22)10(21)8(5-20)23-14/h2-3,6-8,10-11,14-15,20-22H,4-5H2,1H3/t8-,10-,11-,14-/m1/s1. The van der Waals surface area contributed by atoms with E-state index in [1.807, 2.05) is 19.1 Å². The molecule has 4 N–H and O–H groups in total. The van der Waals surface area contributed by atoms with Gasteiger partial charge in [0.2, 0.25) is 0 Å². The zero-order chi connectivity index (χ0) is 16.6. The molecule has 1 saturated heterocycles. The highest BCUT2D eigenvalue weighted by atomic mass is 16.6. The van der Waals surface area contributed by atoms with Gasteiger partial charge in [-0.1, -0.05) is 12.2 Å². The van der Waals surface area contributed by atoms with Crippen molar-refractivity contribution >= 4 is 11.2 Å². The Bertz CT molecular complexity index is 783. The number of aliphatic hydroxyl groups excluding tert-OH is 3. The third-order valence-electron chi connectivity index (χ3n) is 3.93. The van der Waals surface area contributed by atoms with E-state index in [1.165, 1.54) is 17.2 Å². The summed E-state index contributed by atoms with van der Waals surface area (Å²) in [5, 5.41) is 37.3. The highest BCUT2D eigenvalue weighted by Crippen LogP contribution is 2.30. The minimum atomic E-state index is -1.21. The van der Waals surface area contributed by atoms with Gasteiger partial charge in [0.15, 0.2) is 17.4 Å². The number of aliphatic hydroxyl groups is 3. The van der Waals surface area contributed by atoms with Crippen LogP contribution < -0.4 is 5.49 Å². The normalized spacial score (nSPS) is 28.2. The smallest absolute Gasteiger partial charge is 0.167 e. The lowest BCUT2D eigenvalue weighted by Crippen LogP contribution is -2.33. The van der Waals surface area contributed by atoms with E-state index in [1.54, 1.807) is 4.57 Å². The number of aromatic nitrogens is 4.